The van der Waals surface area contributed by atoms with Crippen molar-refractivity contribution in [3.63, 3.8) is 0 Å². The number of rotatable bonds is 6. The molecule has 0 aliphatic rings. The van der Waals surface area contributed by atoms with Crippen LogP contribution in [0.15, 0.2) is 42.5 Å². The minimum Gasteiger partial charge on any atom is -0.406 e. The highest BCUT2D eigenvalue weighted by atomic mass is 35.5. The van der Waals surface area contributed by atoms with Crippen molar-refractivity contribution in [3.8, 4) is 5.75 Å². The summed E-state index contributed by atoms with van der Waals surface area (Å²) >= 11 is 5.79. The zero-order chi connectivity index (χ0) is 19.3. The van der Waals surface area contributed by atoms with E-state index in [1.165, 1.54) is 30.3 Å². The van der Waals surface area contributed by atoms with Crippen molar-refractivity contribution in [1.29, 1.82) is 0 Å². The van der Waals surface area contributed by atoms with E-state index in [1.807, 2.05) is 0 Å². The fourth-order valence-electron chi connectivity index (χ4n) is 2.00. The molecule has 4 N–H and O–H groups in total. The fraction of sp³-hybridized carbons (Fsp3) is 0.125. The van der Waals surface area contributed by atoms with Crippen LogP contribution in [0, 0.1) is 0 Å². The quantitative estimate of drug-likeness (QED) is 0.708. The number of alkyl halides is 3. The van der Waals surface area contributed by atoms with Crippen LogP contribution in [0.2, 0.25) is 5.02 Å². The Balaban J connectivity index is 1.94. The van der Waals surface area contributed by atoms with Gasteiger partial charge in [-0.1, -0.05) is 11.6 Å². The first kappa shape index (κ1) is 19.4. The molecule has 0 saturated carbocycles. The summed E-state index contributed by atoms with van der Waals surface area (Å²) in [6, 6.07) is 9.05. The summed E-state index contributed by atoms with van der Waals surface area (Å²) in [5.74, 6) is -1.60. The third-order valence-corrected chi connectivity index (χ3v) is 3.29. The maximum Gasteiger partial charge on any atom is 0.573 e. The first-order valence-electron chi connectivity index (χ1n) is 7.13. The highest BCUT2D eigenvalue weighted by Gasteiger charge is 2.30. The molecule has 0 spiro atoms. The molecule has 0 radical (unpaired) electrons. The number of ether oxygens (including phenoxy) is 1. The Morgan fingerprint density at radius 1 is 1.12 bits per heavy atom. The van der Waals surface area contributed by atoms with Crippen molar-refractivity contribution < 1.29 is 27.5 Å². The van der Waals surface area contributed by atoms with Crippen LogP contribution in [-0.4, -0.2) is 24.7 Å². The average molecular weight is 388 g/mol. The highest BCUT2D eigenvalue weighted by Crippen LogP contribution is 2.24. The lowest BCUT2D eigenvalue weighted by Gasteiger charge is -2.12. The summed E-state index contributed by atoms with van der Waals surface area (Å²) < 4.78 is 40.0. The minimum atomic E-state index is -4.79. The van der Waals surface area contributed by atoms with E-state index in [0.29, 0.717) is 10.7 Å². The Hall–Kier alpha value is -2.94. The number of hydrogen-bond donors (Lipinski definition) is 3. The molecule has 0 bridgehead atoms. The van der Waals surface area contributed by atoms with Gasteiger partial charge < -0.3 is 21.1 Å². The molecule has 0 fully saturated rings. The number of anilines is 2. The van der Waals surface area contributed by atoms with Gasteiger partial charge in [0, 0.05) is 16.4 Å². The van der Waals surface area contributed by atoms with E-state index >= 15 is 0 Å². The lowest BCUT2D eigenvalue weighted by molar-refractivity contribution is -0.274. The smallest absolute Gasteiger partial charge is 0.406 e. The maximum absolute atomic E-state index is 12.1. The molecule has 26 heavy (non-hydrogen) atoms. The van der Waals surface area contributed by atoms with Crippen LogP contribution in [-0.2, 0) is 4.79 Å². The minimum absolute atomic E-state index is 0.124. The Kier molecular flexibility index (Phi) is 5.93. The molecule has 0 atom stereocenters. The number of nitrogens with two attached hydrogens (primary N) is 1. The van der Waals surface area contributed by atoms with Gasteiger partial charge in [0.2, 0.25) is 5.91 Å². The molecule has 0 unspecified atom stereocenters. The molecular formula is C16H13ClF3N3O3. The van der Waals surface area contributed by atoms with Gasteiger partial charge in [-0.05, 0) is 42.5 Å². The van der Waals surface area contributed by atoms with Crippen molar-refractivity contribution in [1.82, 2.24) is 0 Å². The SMILES string of the molecule is NC(=O)c1cc(Cl)ccc1NCC(=O)Nc1ccc(OC(F)(F)F)cc1. The Morgan fingerprint density at radius 3 is 2.35 bits per heavy atom. The summed E-state index contributed by atoms with van der Waals surface area (Å²) in [7, 11) is 0. The summed E-state index contributed by atoms with van der Waals surface area (Å²) in [5, 5.41) is 5.54. The van der Waals surface area contributed by atoms with E-state index in [4.69, 9.17) is 17.3 Å². The van der Waals surface area contributed by atoms with E-state index in [1.54, 1.807) is 0 Å². The van der Waals surface area contributed by atoms with Crippen LogP contribution < -0.4 is 21.1 Å². The van der Waals surface area contributed by atoms with Gasteiger partial charge in [-0.15, -0.1) is 13.2 Å². The van der Waals surface area contributed by atoms with Crippen molar-refractivity contribution >= 4 is 34.8 Å². The Labute approximate surface area is 151 Å². The molecule has 0 heterocycles. The standard InChI is InChI=1S/C16H13ClF3N3O3/c17-9-1-6-13(12(7-9)15(21)25)22-8-14(24)23-10-2-4-11(5-3-10)26-16(18,19)20/h1-7,22H,8H2,(H2,21,25)(H,23,24). The predicted molar refractivity (Wildman–Crippen MR) is 90.2 cm³/mol. The van der Waals surface area contributed by atoms with Crippen LogP contribution in [0.5, 0.6) is 5.75 Å². The van der Waals surface area contributed by atoms with E-state index < -0.39 is 23.9 Å². The molecule has 2 aromatic carbocycles. The number of amides is 2. The van der Waals surface area contributed by atoms with E-state index in [2.05, 4.69) is 15.4 Å². The Morgan fingerprint density at radius 2 is 1.77 bits per heavy atom. The van der Waals surface area contributed by atoms with Crippen LogP contribution >= 0.6 is 11.6 Å². The van der Waals surface area contributed by atoms with Gasteiger partial charge in [-0.2, -0.15) is 0 Å². The van der Waals surface area contributed by atoms with Gasteiger partial charge >= 0.3 is 6.36 Å². The fourth-order valence-corrected chi connectivity index (χ4v) is 2.17. The van der Waals surface area contributed by atoms with Gasteiger partial charge in [0.25, 0.3) is 5.91 Å². The first-order chi connectivity index (χ1) is 12.1. The molecule has 0 aromatic heterocycles. The normalized spacial score (nSPS) is 10.9. The number of halogens is 4. The molecule has 2 rings (SSSR count). The highest BCUT2D eigenvalue weighted by molar-refractivity contribution is 6.31. The van der Waals surface area contributed by atoms with Gasteiger partial charge in [0.05, 0.1) is 12.1 Å². The molecule has 2 aromatic rings. The third kappa shape index (κ3) is 5.85. The lowest BCUT2D eigenvalue weighted by Crippen LogP contribution is -2.23. The summed E-state index contributed by atoms with van der Waals surface area (Å²) in [6.45, 7) is -0.206. The maximum atomic E-state index is 12.1. The molecular weight excluding hydrogens is 375 g/mol. The first-order valence-corrected chi connectivity index (χ1v) is 7.51. The second-order valence-corrected chi connectivity index (χ2v) is 5.46. The molecule has 0 aliphatic carbocycles. The summed E-state index contributed by atoms with van der Waals surface area (Å²) in [6.07, 6.45) is -4.79. The summed E-state index contributed by atoms with van der Waals surface area (Å²) in [4.78, 5) is 23.3. The van der Waals surface area contributed by atoms with Gasteiger partial charge in [-0.25, -0.2) is 0 Å². The van der Waals surface area contributed by atoms with Gasteiger partial charge in [0.15, 0.2) is 0 Å². The van der Waals surface area contributed by atoms with Crippen molar-refractivity contribution in [2.75, 3.05) is 17.2 Å². The third-order valence-electron chi connectivity index (χ3n) is 3.06. The van der Waals surface area contributed by atoms with Crippen LogP contribution in [0.3, 0.4) is 0 Å². The second kappa shape index (κ2) is 7.96. The predicted octanol–water partition coefficient (Wildman–Crippen LogP) is 3.39. The van der Waals surface area contributed by atoms with Crippen molar-refractivity contribution in [3.05, 3.63) is 53.1 Å². The van der Waals surface area contributed by atoms with Crippen LogP contribution in [0.4, 0.5) is 24.5 Å². The van der Waals surface area contributed by atoms with Gasteiger partial charge in [0.1, 0.15) is 5.75 Å². The largest absolute Gasteiger partial charge is 0.573 e. The Bertz CT molecular complexity index is 811. The zero-order valence-corrected chi connectivity index (χ0v) is 13.8. The molecule has 10 heteroatoms. The summed E-state index contributed by atoms with van der Waals surface area (Å²) in [5.41, 5.74) is 5.97. The van der Waals surface area contributed by atoms with E-state index in [0.717, 1.165) is 12.1 Å². The zero-order valence-electron chi connectivity index (χ0n) is 13.1. The van der Waals surface area contributed by atoms with Crippen molar-refractivity contribution in [2.24, 2.45) is 5.73 Å². The van der Waals surface area contributed by atoms with Crippen LogP contribution in [0.25, 0.3) is 0 Å². The number of nitrogens with one attached hydrogen (secondary N) is 2. The lowest BCUT2D eigenvalue weighted by atomic mass is 10.1. The van der Waals surface area contributed by atoms with Crippen LogP contribution in [0.1, 0.15) is 10.4 Å². The number of hydrogen-bond acceptors (Lipinski definition) is 4. The van der Waals surface area contributed by atoms with E-state index in [-0.39, 0.29) is 17.8 Å². The average Bonchev–Trinajstić information content (AvgIpc) is 2.54. The van der Waals surface area contributed by atoms with E-state index in [9.17, 15) is 22.8 Å². The van der Waals surface area contributed by atoms with Crippen molar-refractivity contribution in [2.45, 2.75) is 6.36 Å². The number of benzene rings is 2. The number of carbonyl (C=O) groups excluding carboxylic acids is 2. The topological polar surface area (TPSA) is 93.5 Å². The molecule has 0 saturated heterocycles. The molecule has 6 nitrogen and oxygen atoms in total. The molecule has 0 aliphatic heterocycles. The van der Waals surface area contributed by atoms with Gasteiger partial charge in [-0.3, -0.25) is 9.59 Å². The second-order valence-electron chi connectivity index (χ2n) is 5.03. The molecule has 138 valence electrons. The number of carbonyl (C=O) groups is 2. The monoisotopic (exact) mass is 387 g/mol. The number of primary amides is 1. The molecule has 2 amide bonds.